The molecule has 0 fully saturated rings. The molecule has 0 saturated heterocycles. The summed E-state index contributed by atoms with van der Waals surface area (Å²) < 4.78 is 1.65. The predicted octanol–water partition coefficient (Wildman–Crippen LogP) is 5.04. The Kier molecular flexibility index (Phi) is 6.00. The van der Waals surface area contributed by atoms with E-state index in [1.807, 2.05) is 26.0 Å². The summed E-state index contributed by atoms with van der Waals surface area (Å²) in [5.74, 6) is -0.213. The fourth-order valence-corrected chi connectivity index (χ4v) is 3.42. The van der Waals surface area contributed by atoms with Crippen molar-refractivity contribution in [1.82, 2.24) is 14.8 Å². The van der Waals surface area contributed by atoms with Gasteiger partial charge in [0.1, 0.15) is 5.69 Å². The highest BCUT2D eigenvalue weighted by atomic mass is 35.5. The number of hydrogen-bond acceptors (Lipinski definition) is 4. The first kappa shape index (κ1) is 21.3. The molecule has 4 rings (SSSR count). The van der Waals surface area contributed by atoms with Crippen LogP contribution < -0.4 is 10.6 Å². The van der Waals surface area contributed by atoms with Crippen LogP contribution in [0.4, 0.5) is 11.4 Å². The molecular weight excluding hydrogens is 426 g/mol. The van der Waals surface area contributed by atoms with Crippen molar-refractivity contribution in [2.75, 3.05) is 10.6 Å². The van der Waals surface area contributed by atoms with Crippen LogP contribution in [0.5, 0.6) is 0 Å². The van der Waals surface area contributed by atoms with Gasteiger partial charge in [0.15, 0.2) is 5.82 Å². The summed E-state index contributed by atoms with van der Waals surface area (Å²) in [6.07, 6.45) is 0. The minimum atomic E-state index is -0.468. The minimum absolute atomic E-state index is 0.0791. The summed E-state index contributed by atoms with van der Waals surface area (Å²) in [6.45, 7) is 3.79. The summed E-state index contributed by atoms with van der Waals surface area (Å²) >= 11 is 6.25. The van der Waals surface area contributed by atoms with Gasteiger partial charge >= 0.3 is 0 Å². The molecule has 0 bridgehead atoms. The van der Waals surface area contributed by atoms with Crippen LogP contribution in [-0.2, 0) is 0 Å². The normalized spacial score (nSPS) is 10.6. The fourth-order valence-electron chi connectivity index (χ4n) is 3.23. The van der Waals surface area contributed by atoms with Crippen LogP contribution in [0.15, 0.2) is 72.8 Å². The standard InChI is InChI=1S/C24H20ClN5O2/c1-15-13-16(2)30(29-15)21-12-11-20(25)22(28-21)24(32)27-19-10-6-9-18(14-19)26-23(31)17-7-4-3-5-8-17/h3-14H,1-2H3,(H,26,31)(H,27,32). The Bertz CT molecular complexity index is 1300. The van der Waals surface area contributed by atoms with Gasteiger partial charge in [0.05, 0.1) is 10.7 Å². The third-order valence-electron chi connectivity index (χ3n) is 4.69. The molecular formula is C24H20ClN5O2. The van der Waals surface area contributed by atoms with Crippen molar-refractivity contribution in [3.05, 3.63) is 100 Å². The van der Waals surface area contributed by atoms with Gasteiger partial charge in [-0.1, -0.05) is 35.9 Å². The van der Waals surface area contributed by atoms with E-state index in [9.17, 15) is 9.59 Å². The minimum Gasteiger partial charge on any atom is -0.322 e. The number of benzene rings is 2. The average Bonchev–Trinajstić information content (AvgIpc) is 3.12. The molecule has 8 heteroatoms. The van der Waals surface area contributed by atoms with E-state index >= 15 is 0 Å². The molecule has 0 radical (unpaired) electrons. The topological polar surface area (TPSA) is 88.9 Å². The zero-order valence-electron chi connectivity index (χ0n) is 17.5. The van der Waals surface area contributed by atoms with Crippen molar-refractivity contribution < 1.29 is 9.59 Å². The summed E-state index contributed by atoms with van der Waals surface area (Å²) in [5.41, 5.74) is 3.40. The zero-order chi connectivity index (χ0) is 22.7. The molecule has 2 N–H and O–H groups in total. The highest BCUT2D eigenvalue weighted by Crippen LogP contribution is 2.21. The van der Waals surface area contributed by atoms with Crippen LogP contribution in [-0.4, -0.2) is 26.6 Å². The van der Waals surface area contributed by atoms with E-state index in [1.54, 1.807) is 65.3 Å². The van der Waals surface area contributed by atoms with Gasteiger partial charge in [-0.3, -0.25) is 9.59 Å². The van der Waals surface area contributed by atoms with E-state index in [-0.39, 0.29) is 16.6 Å². The van der Waals surface area contributed by atoms with E-state index in [0.29, 0.717) is 22.8 Å². The molecule has 0 aliphatic carbocycles. The lowest BCUT2D eigenvalue weighted by Gasteiger charge is -2.11. The molecule has 0 atom stereocenters. The lowest BCUT2D eigenvalue weighted by atomic mass is 10.2. The van der Waals surface area contributed by atoms with E-state index in [4.69, 9.17) is 11.6 Å². The number of aryl methyl sites for hydroxylation is 2. The van der Waals surface area contributed by atoms with Crippen LogP contribution >= 0.6 is 11.6 Å². The monoisotopic (exact) mass is 445 g/mol. The fraction of sp³-hybridized carbons (Fsp3) is 0.0833. The van der Waals surface area contributed by atoms with Gasteiger partial charge in [0, 0.05) is 22.6 Å². The van der Waals surface area contributed by atoms with Gasteiger partial charge in [0.25, 0.3) is 11.8 Å². The Balaban J connectivity index is 1.53. The second-order valence-corrected chi connectivity index (χ2v) is 7.60. The Morgan fingerprint density at radius 2 is 1.53 bits per heavy atom. The second-order valence-electron chi connectivity index (χ2n) is 7.19. The SMILES string of the molecule is Cc1cc(C)n(-c2ccc(Cl)c(C(=O)Nc3cccc(NC(=O)c4ccccc4)c3)n2)n1. The summed E-state index contributed by atoms with van der Waals surface area (Å²) in [7, 11) is 0. The van der Waals surface area contributed by atoms with Gasteiger partial charge in [-0.25, -0.2) is 9.67 Å². The molecule has 0 unspecified atom stereocenters. The van der Waals surface area contributed by atoms with Crippen LogP contribution in [0.3, 0.4) is 0 Å². The first-order valence-corrected chi connectivity index (χ1v) is 10.3. The molecule has 0 spiro atoms. The van der Waals surface area contributed by atoms with Crippen molar-refractivity contribution in [2.45, 2.75) is 13.8 Å². The largest absolute Gasteiger partial charge is 0.322 e. The molecule has 4 aromatic rings. The lowest BCUT2D eigenvalue weighted by molar-refractivity contribution is 0.101. The Morgan fingerprint density at radius 3 is 2.19 bits per heavy atom. The Hall–Kier alpha value is -3.97. The number of nitrogens with one attached hydrogen (secondary N) is 2. The molecule has 32 heavy (non-hydrogen) atoms. The van der Waals surface area contributed by atoms with Gasteiger partial charge in [-0.2, -0.15) is 5.10 Å². The highest BCUT2D eigenvalue weighted by Gasteiger charge is 2.16. The van der Waals surface area contributed by atoms with Crippen molar-refractivity contribution >= 4 is 34.8 Å². The highest BCUT2D eigenvalue weighted by molar-refractivity contribution is 6.34. The average molecular weight is 446 g/mol. The molecule has 2 aromatic heterocycles. The van der Waals surface area contributed by atoms with E-state index in [2.05, 4.69) is 20.7 Å². The number of anilines is 2. The number of carbonyl (C=O) groups excluding carboxylic acids is 2. The summed E-state index contributed by atoms with van der Waals surface area (Å²) in [6, 6.07) is 21.0. The van der Waals surface area contributed by atoms with Crippen LogP contribution in [0.2, 0.25) is 5.02 Å². The van der Waals surface area contributed by atoms with E-state index < -0.39 is 5.91 Å². The smallest absolute Gasteiger partial charge is 0.275 e. The molecule has 2 amide bonds. The van der Waals surface area contributed by atoms with Crippen LogP contribution in [0, 0.1) is 13.8 Å². The number of hydrogen-bond donors (Lipinski definition) is 2. The molecule has 0 aliphatic rings. The number of aromatic nitrogens is 3. The predicted molar refractivity (Wildman–Crippen MR) is 125 cm³/mol. The van der Waals surface area contributed by atoms with Gasteiger partial charge in [0.2, 0.25) is 0 Å². The molecule has 0 aliphatic heterocycles. The number of halogens is 1. The summed E-state index contributed by atoms with van der Waals surface area (Å²) in [5, 5.41) is 10.2. The van der Waals surface area contributed by atoms with Crippen molar-refractivity contribution in [3.63, 3.8) is 0 Å². The lowest BCUT2D eigenvalue weighted by Crippen LogP contribution is -2.16. The number of pyridine rings is 1. The summed E-state index contributed by atoms with van der Waals surface area (Å²) in [4.78, 5) is 29.7. The first-order valence-electron chi connectivity index (χ1n) is 9.89. The molecule has 2 heterocycles. The van der Waals surface area contributed by atoms with Crippen molar-refractivity contribution in [1.29, 1.82) is 0 Å². The molecule has 2 aromatic carbocycles. The van der Waals surface area contributed by atoms with Gasteiger partial charge < -0.3 is 10.6 Å². The number of amides is 2. The van der Waals surface area contributed by atoms with Gasteiger partial charge in [-0.15, -0.1) is 0 Å². The van der Waals surface area contributed by atoms with E-state index in [0.717, 1.165) is 11.4 Å². The second kappa shape index (κ2) is 9.03. The zero-order valence-corrected chi connectivity index (χ0v) is 18.2. The molecule has 160 valence electrons. The quantitative estimate of drug-likeness (QED) is 0.450. The number of rotatable bonds is 5. The van der Waals surface area contributed by atoms with E-state index in [1.165, 1.54) is 0 Å². The third-order valence-corrected chi connectivity index (χ3v) is 4.99. The van der Waals surface area contributed by atoms with Crippen molar-refractivity contribution in [2.24, 2.45) is 0 Å². The Morgan fingerprint density at radius 1 is 0.844 bits per heavy atom. The number of nitrogens with zero attached hydrogens (tertiary/aromatic N) is 3. The maximum atomic E-state index is 12.9. The third kappa shape index (κ3) is 4.68. The first-order chi connectivity index (χ1) is 15.4. The van der Waals surface area contributed by atoms with Crippen molar-refractivity contribution in [3.8, 4) is 5.82 Å². The van der Waals surface area contributed by atoms with Crippen LogP contribution in [0.25, 0.3) is 5.82 Å². The maximum absolute atomic E-state index is 12.9. The van der Waals surface area contributed by atoms with Crippen LogP contribution in [0.1, 0.15) is 32.2 Å². The Labute approximate surface area is 190 Å². The number of carbonyl (C=O) groups is 2. The van der Waals surface area contributed by atoms with Gasteiger partial charge in [-0.05, 0) is 62.4 Å². The molecule has 0 saturated carbocycles. The maximum Gasteiger partial charge on any atom is 0.275 e. The molecule has 7 nitrogen and oxygen atoms in total.